The number of carbonyl (C=O) groups is 2. The van der Waals surface area contributed by atoms with Crippen LogP contribution >= 0.6 is 0 Å². The number of esters is 1. The van der Waals surface area contributed by atoms with Crippen molar-refractivity contribution in [3.05, 3.63) is 53.6 Å². The van der Waals surface area contributed by atoms with Crippen LogP contribution in [0.1, 0.15) is 89.5 Å². The van der Waals surface area contributed by atoms with Crippen LogP contribution in [0.5, 0.6) is 0 Å². The highest BCUT2D eigenvalue weighted by Gasteiger charge is 2.29. The van der Waals surface area contributed by atoms with Crippen molar-refractivity contribution >= 4 is 17.3 Å². The first-order valence-electron chi connectivity index (χ1n) is 11.8. The summed E-state index contributed by atoms with van der Waals surface area (Å²) < 4.78 is 4.69. The Labute approximate surface area is 182 Å². The Balaban J connectivity index is 1.93. The minimum atomic E-state index is -0.143. The van der Waals surface area contributed by atoms with Gasteiger partial charge in [-0.3, -0.25) is 9.59 Å². The molecule has 0 aliphatic heterocycles. The summed E-state index contributed by atoms with van der Waals surface area (Å²) >= 11 is 0. The molecule has 1 aliphatic carbocycles. The number of methoxy groups -OCH3 is 1. The van der Waals surface area contributed by atoms with E-state index >= 15 is 0 Å². The van der Waals surface area contributed by atoms with E-state index in [0.717, 1.165) is 48.8 Å². The second kappa shape index (κ2) is 14.0. The van der Waals surface area contributed by atoms with E-state index in [1.807, 2.05) is 30.3 Å². The van der Waals surface area contributed by atoms with Crippen LogP contribution in [0.15, 0.2) is 48.1 Å². The number of unbranched alkanes of at least 4 members (excludes halogenated alkanes) is 8. The summed E-state index contributed by atoms with van der Waals surface area (Å²) in [7, 11) is 1.43. The Morgan fingerprint density at radius 2 is 1.67 bits per heavy atom. The zero-order valence-electron chi connectivity index (χ0n) is 18.8. The third-order valence-corrected chi connectivity index (χ3v) is 5.90. The largest absolute Gasteiger partial charge is 0.469 e. The van der Waals surface area contributed by atoms with Gasteiger partial charge in [0.05, 0.1) is 7.11 Å². The summed E-state index contributed by atoms with van der Waals surface area (Å²) in [5.41, 5.74) is 2.87. The number of ketones is 1. The molecular formula is C27H38O3. The summed E-state index contributed by atoms with van der Waals surface area (Å²) in [4.78, 5) is 24.3. The van der Waals surface area contributed by atoms with Crippen molar-refractivity contribution in [2.75, 3.05) is 7.11 Å². The van der Waals surface area contributed by atoms with Crippen LogP contribution in [0.4, 0.5) is 0 Å². The van der Waals surface area contributed by atoms with Gasteiger partial charge in [-0.2, -0.15) is 0 Å². The lowest BCUT2D eigenvalue weighted by molar-refractivity contribution is -0.140. The molecule has 0 unspecified atom stereocenters. The number of Topliss-reactive ketones (excluding diaryl/α,β-unsaturated/α-hetero) is 1. The van der Waals surface area contributed by atoms with Gasteiger partial charge in [-0.25, -0.2) is 0 Å². The topological polar surface area (TPSA) is 43.4 Å². The molecule has 1 atom stereocenters. The van der Waals surface area contributed by atoms with Gasteiger partial charge < -0.3 is 4.74 Å². The fourth-order valence-electron chi connectivity index (χ4n) is 4.11. The number of carbonyl (C=O) groups excluding carboxylic acids is 2. The minimum absolute atomic E-state index is 0.143. The van der Waals surface area contributed by atoms with E-state index in [1.54, 1.807) is 0 Å². The first kappa shape index (κ1) is 24.1. The monoisotopic (exact) mass is 410 g/mol. The molecule has 0 amide bonds. The molecule has 3 heteroatoms. The van der Waals surface area contributed by atoms with Gasteiger partial charge in [0.15, 0.2) is 5.78 Å². The first-order valence-corrected chi connectivity index (χ1v) is 11.8. The zero-order chi connectivity index (χ0) is 21.6. The van der Waals surface area contributed by atoms with Gasteiger partial charge in [-0.1, -0.05) is 94.4 Å². The maximum atomic E-state index is 13.1. The minimum Gasteiger partial charge on any atom is -0.469 e. The van der Waals surface area contributed by atoms with E-state index < -0.39 is 0 Å². The Morgan fingerprint density at radius 1 is 0.967 bits per heavy atom. The molecule has 0 aromatic heterocycles. The van der Waals surface area contributed by atoms with Gasteiger partial charge in [-0.15, -0.1) is 0 Å². The molecule has 0 bridgehead atoms. The smallest absolute Gasteiger partial charge is 0.305 e. The fraction of sp³-hybridized carbons (Fsp3) is 0.556. The van der Waals surface area contributed by atoms with Crippen LogP contribution in [-0.4, -0.2) is 18.9 Å². The van der Waals surface area contributed by atoms with Crippen molar-refractivity contribution < 1.29 is 14.3 Å². The van der Waals surface area contributed by atoms with Crippen LogP contribution in [0, 0.1) is 5.92 Å². The number of hydrogen-bond donors (Lipinski definition) is 0. The molecule has 0 saturated heterocycles. The maximum absolute atomic E-state index is 13.1. The molecule has 0 heterocycles. The molecule has 1 aromatic rings. The molecular weight excluding hydrogens is 372 g/mol. The lowest BCUT2D eigenvalue weighted by Crippen LogP contribution is -2.05. The quantitative estimate of drug-likeness (QED) is 0.187. The van der Waals surface area contributed by atoms with E-state index in [4.69, 9.17) is 0 Å². The van der Waals surface area contributed by atoms with E-state index in [2.05, 4.69) is 23.8 Å². The highest BCUT2D eigenvalue weighted by Crippen LogP contribution is 2.36. The number of rotatable bonds is 14. The summed E-state index contributed by atoms with van der Waals surface area (Å²) in [6.45, 7) is 2.24. The maximum Gasteiger partial charge on any atom is 0.305 e. The normalized spacial score (nSPS) is 17.4. The number of benzene rings is 1. The predicted octanol–water partition coefficient (Wildman–Crippen LogP) is 7.07. The molecule has 0 saturated carbocycles. The van der Waals surface area contributed by atoms with Gasteiger partial charge in [0.1, 0.15) is 0 Å². The zero-order valence-corrected chi connectivity index (χ0v) is 18.8. The lowest BCUT2D eigenvalue weighted by atomic mass is 9.93. The summed E-state index contributed by atoms with van der Waals surface area (Å²) in [6.07, 6.45) is 17.2. The molecule has 1 aromatic carbocycles. The van der Waals surface area contributed by atoms with Crippen molar-refractivity contribution in [2.24, 2.45) is 5.92 Å². The molecule has 2 rings (SSSR count). The fourth-order valence-corrected chi connectivity index (χ4v) is 4.11. The molecule has 30 heavy (non-hydrogen) atoms. The van der Waals surface area contributed by atoms with Crippen molar-refractivity contribution in [3.8, 4) is 0 Å². The van der Waals surface area contributed by atoms with Gasteiger partial charge in [0.2, 0.25) is 0 Å². The van der Waals surface area contributed by atoms with Crippen LogP contribution in [0.2, 0.25) is 0 Å². The third kappa shape index (κ3) is 7.93. The average molecular weight is 411 g/mol. The lowest BCUT2D eigenvalue weighted by Gasteiger charge is -2.10. The highest BCUT2D eigenvalue weighted by atomic mass is 16.5. The number of hydrogen-bond acceptors (Lipinski definition) is 3. The molecule has 0 radical (unpaired) electrons. The second-order valence-corrected chi connectivity index (χ2v) is 8.27. The van der Waals surface area contributed by atoms with Crippen LogP contribution in [-0.2, 0) is 14.3 Å². The molecule has 0 N–H and O–H groups in total. The SMILES string of the molecule is CCCCCCCC[C@@H]1C=C(c2ccccc2)C(=O)/C1=C\CCCCCC(=O)OC. The predicted molar refractivity (Wildman–Crippen MR) is 124 cm³/mol. The Hall–Kier alpha value is -2.16. The van der Waals surface area contributed by atoms with Crippen LogP contribution in [0.3, 0.4) is 0 Å². The highest BCUT2D eigenvalue weighted by molar-refractivity contribution is 6.31. The summed E-state index contributed by atoms with van der Waals surface area (Å²) in [5.74, 6) is 0.302. The van der Waals surface area contributed by atoms with E-state index in [0.29, 0.717) is 6.42 Å². The van der Waals surface area contributed by atoms with Gasteiger partial charge in [0.25, 0.3) is 0 Å². The average Bonchev–Trinajstić information content (AvgIpc) is 3.08. The summed E-state index contributed by atoms with van der Waals surface area (Å²) in [6, 6.07) is 10.0. The summed E-state index contributed by atoms with van der Waals surface area (Å²) in [5, 5.41) is 0. The first-order chi connectivity index (χ1) is 14.7. The van der Waals surface area contributed by atoms with Crippen molar-refractivity contribution in [1.82, 2.24) is 0 Å². The molecule has 3 nitrogen and oxygen atoms in total. The van der Waals surface area contributed by atoms with Crippen molar-refractivity contribution in [1.29, 1.82) is 0 Å². The molecule has 0 spiro atoms. The Kier molecular flexibility index (Phi) is 11.2. The number of allylic oxidation sites excluding steroid dienone is 4. The van der Waals surface area contributed by atoms with E-state index in [-0.39, 0.29) is 17.7 Å². The van der Waals surface area contributed by atoms with Gasteiger partial charge >= 0.3 is 5.97 Å². The van der Waals surface area contributed by atoms with E-state index in [1.165, 1.54) is 45.6 Å². The molecule has 0 fully saturated rings. The van der Waals surface area contributed by atoms with Crippen LogP contribution < -0.4 is 0 Å². The van der Waals surface area contributed by atoms with Crippen molar-refractivity contribution in [2.45, 2.75) is 84.0 Å². The van der Waals surface area contributed by atoms with Crippen molar-refractivity contribution in [3.63, 3.8) is 0 Å². The number of ether oxygens (including phenoxy) is 1. The second-order valence-electron chi connectivity index (χ2n) is 8.27. The Bertz CT molecular complexity index is 715. The van der Waals surface area contributed by atoms with Gasteiger partial charge in [-0.05, 0) is 31.2 Å². The molecule has 1 aliphatic rings. The molecule has 164 valence electrons. The van der Waals surface area contributed by atoms with E-state index in [9.17, 15) is 9.59 Å². The standard InChI is InChI=1S/C27H38O3/c1-3-4-5-6-7-11-18-23-21-25(22-16-12-10-13-17-22)27(29)24(23)19-14-8-9-15-20-26(28)30-2/h10,12-13,16-17,19,21,23H,3-9,11,14-15,18,20H2,1-2H3/b24-19-/t23-/m1/s1. The van der Waals surface area contributed by atoms with Crippen LogP contribution in [0.25, 0.3) is 5.57 Å². The Morgan fingerprint density at radius 3 is 2.40 bits per heavy atom. The third-order valence-electron chi connectivity index (χ3n) is 5.90. The van der Waals surface area contributed by atoms with Gasteiger partial charge in [0, 0.05) is 23.5 Å².